The number of ether oxygens (including phenoxy) is 2. The van der Waals surface area contributed by atoms with Crippen LogP contribution in [0.3, 0.4) is 0 Å². The van der Waals surface area contributed by atoms with Gasteiger partial charge in [0.05, 0.1) is 19.8 Å². The van der Waals surface area contributed by atoms with Crippen LogP contribution in [0.5, 0.6) is 5.75 Å². The van der Waals surface area contributed by atoms with Crippen molar-refractivity contribution in [2.24, 2.45) is 5.92 Å². The number of rotatable bonds is 8. The number of benzene rings is 1. The van der Waals surface area contributed by atoms with Crippen molar-refractivity contribution in [3.05, 3.63) is 29.8 Å². The highest BCUT2D eigenvalue weighted by molar-refractivity contribution is 5.93. The summed E-state index contributed by atoms with van der Waals surface area (Å²) in [5, 5.41) is 14.9. The summed E-state index contributed by atoms with van der Waals surface area (Å²) in [5.41, 5.74) is 0.811. The number of aliphatic hydroxyl groups excluding tert-OH is 1. The van der Waals surface area contributed by atoms with E-state index in [0.29, 0.717) is 44.9 Å². The van der Waals surface area contributed by atoms with E-state index in [1.54, 1.807) is 29.2 Å². The standard InChI is InChI=1S/C28H43N5O7/c1-20(2)16-23-28(38)33(13-15-39-3)18-25(35)29-24(27(37)32-10-8-31(9-11-32)12-14-34)17-21-4-6-22(7-5-21)40-19-26(36)30-23/h4-7,20,23-24,34H,8-19H2,1-3H3,(H,29,35)(H,30,36)/t23-,24-/m0/s1. The lowest BCUT2D eigenvalue weighted by Gasteiger charge is -2.36. The van der Waals surface area contributed by atoms with E-state index in [1.165, 1.54) is 12.0 Å². The number of methoxy groups -OCH3 is 1. The van der Waals surface area contributed by atoms with Gasteiger partial charge in [-0.2, -0.15) is 0 Å². The Labute approximate surface area is 235 Å². The van der Waals surface area contributed by atoms with E-state index in [9.17, 15) is 24.3 Å². The summed E-state index contributed by atoms with van der Waals surface area (Å²) >= 11 is 0. The number of carbonyl (C=O) groups is 4. The number of amides is 4. The summed E-state index contributed by atoms with van der Waals surface area (Å²) in [6.07, 6.45) is 0.637. The number of hydrogen-bond acceptors (Lipinski definition) is 8. The largest absolute Gasteiger partial charge is 0.484 e. The number of aliphatic hydroxyl groups is 1. The van der Waals surface area contributed by atoms with Crippen molar-refractivity contribution in [3.8, 4) is 5.75 Å². The van der Waals surface area contributed by atoms with E-state index in [4.69, 9.17) is 9.47 Å². The van der Waals surface area contributed by atoms with Crippen molar-refractivity contribution in [1.82, 2.24) is 25.3 Å². The molecule has 222 valence electrons. The third kappa shape index (κ3) is 9.46. The number of nitrogens with zero attached hydrogens (tertiary/aromatic N) is 3. The minimum atomic E-state index is -0.844. The topological polar surface area (TPSA) is 141 Å². The van der Waals surface area contributed by atoms with Crippen LogP contribution in [-0.4, -0.2) is 128 Å². The summed E-state index contributed by atoms with van der Waals surface area (Å²) < 4.78 is 10.8. The van der Waals surface area contributed by atoms with Gasteiger partial charge in [-0.05, 0) is 30.0 Å². The van der Waals surface area contributed by atoms with Crippen molar-refractivity contribution in [2.45, 2.75) is 38.8 Å². The van der Waals surface area contributed by atoms with Crippen LogP contribution in [0.4, 0.5) is 0 Å². The Bertz CT molecular complexity index is 995. The van der Waals surface area contributed by atoms with Crippen LogP contribution < -0.4 is 15.4 Å². The molecule has 0 saturated carbocycles. The van der Waals surface area contributed by atoms with E-state index in [1.807, 2.05) is 13.8 Å². The first-order chi connectivity index (χ1) is 19.2. The Morgan fingerprint density at radius 2 is 1.75 bits per heavy atom. The monoisotopic (exact) mass is 561 g/mol. The normalized spacial score (nSPS) is 21.8. The van der Waals surface area contributed by atoms with Gasteiger partial charge in [0, 0.05) is 52.8 Å². The van der Waals surface area contributed by atoms with Crippen molar-refractivity contribution in [1.29, 1.82) is 0 Å². The Kier molecular flexibility index (Phi) is 12.2. The number of β-amino-alcohol motifs (C(OH)–C–C–N with tert-alkyl or cyclic N) is 1. The zero-order chi connectivity index (χ0) is 29.1. The highest BCUT2D eigenvalue weighted by Gasteiger charge is 2.32. The second-order valence-corrected chi connectivity index (χ2v) is 10.6. The molecule has 0 aromatic heterocycles. The Hall–Kier alpha value is -3.22. The van der Waals surface area contributed by atoms with E-state index in [2.05, 4.69) is 15.5 Å². The van der Waals surface area contributed by atoms with Crippen LogP contribution >= 0.6 is 0 Å². The van der Waals surface area contributed by atoms with Crippen LogP contribution in [0.1, 0.15) is 25.8 Å². The van der Waals surface area contributed by atoms with Crippen molar-refractivity contribution < 1.29 is 33.8 Å². The van der Waals surface area contributed by atoms with Crippen molar-refractivity contribution in [2.75, 3.05) is 72.7 Å². The molecule has 0 spiro atoms. The summed E-state index contributed by atoms with van der Waals surface area (Å²) in [6.45, 7) is 6.59. The molecule has 2 bridgehead atoms. The average molecular weight is 562 g/mol. The molecule has 3 aliphatic heterocycles. The maximum atomic E-state index is 13.6. The summed E-state index contributed by atoms with van der Waals surface area (Å²) in [5.74, 6) is -0.914. The second-order valence-electron chi connectivity index (χ2n) is 10.6. The first kappa shape index (κ1) is 31.3. The van der Waals surface area contributed by atoms with Crippen molar-refractivity contribution >= 4 is 23.6 Å². The molecule has 2 atom stereocenters. The number of hydrogen-bond donors (Lipinski definition) is 3. The third-order valence-corrected chi connectivity index (χ3v) is 7.02. The molecule has 1 aromatic rings. The molecule has 1 saturated heterocycles. The first-order valence-electron chi connectivity index (χ1n) is 13.9. The van der Waals surface area contributed by atoms with Crippen LogP contribution in [-0.2, 0) is 30.3 Å². The summed E-state index contributed by atoms with van der Waals surface area (Å²) in [6, 6.07) is 5.37. The molecule has 1 aromatic carbocycles. The minimum absolute atomic E-state index is 0.0618. The van der Waals surface area contributed by atoms with Gasteiger partial charge >= 0.3 is 0 Å². The van der Waals surface area contributed by atoms with Crippen LogP contribution in [0.2, 0.25) is 0 Å². The predicted molar refractivity (Wildman–Crippen MR) is 148 cm³/mol. The highest BCUT2D eigenvalue weighted by Crippen LogP contribution is 2.16. The Morgan fingerprint density at radius 3 is 2.38 bits per heavy atom. The van der Waals surface area contributed by atoms with E-state index in [-0.39, 0.29) is 51.2 Å². The molecule has 40 heavy (non-hydrogen) atoms. The molecule has 4 amide bonds. The van der Waals surface area contributed by atoms with Gasteiger partial charge in [0.25, 0.3) is 5.91 Å². The van der Waals surface area contributed by atoms with Crippen LogP contribution in [0.15, 0.2) is 24.3 Å². The van der Waals surface area contributed by atoms with Gasteiger partial charge in [-0.25, -0.2) is 0 Å². The van der Waals surface area contributed by atoms with Gasteiger partial charge in [0.2, 0.25) is 17.7 Å². The SMILES string of the molecule is COCCN1CC(=O)N[C@H](C(=O)N2CCN(CCO)CC2)Cc2ccc(cc2)OCC(=O)N[C@@H](CC(C)C)C1=O. The van der Waals surface area contributed by atoms with Gasteiger partial charge in [-0.3, -0.25) is 24.1 Å². The van der Waals surface area contributed by atoms with Gasteiger partial charge in [0.1, 0.15) is 17.8 Å². The fourth-order valence-electron chi connectivity index (χ4n) is 4.89. The molecule has 3 N–H and O–H groups in total. The predicted octanol–water partition coefficient (Wildman–Crippen LogP) is -0.751. The van der Waals surface area contributed by atoms with Crippen LogP contribution in [0, 0.1) is 5.92 Å². The Morgan fingerprint density at radius 1 is 1.05 bits per heavy atom. The first-order valence-corrected chi connectivity index (χ1v) is 13.9. The lowest BCUT2D eigenvalue weighted by atomic mass is 10.0. The van der Waals surface area contributed by atoms with E-state index in [0.717, 1.165) is 5.56 Å². The summed E-state index contributed by atoms with van der Waals surface area (Å²) in [7, 11) is 1.51. The molecule has 12 nitrogen and oxygen atoms in total. The van der Waals surface area contributed by atoms with E-state index >= 15 is 0 Å². The summed E-state index contributed by atoms with van der Waals surface area (Å²) in [4.78, 5) is 58.3. The number of carbonyl (C=O) groups excluding carboxylic acids is 4. The zero-order valence-electron chi connectivity index (χ0n) is 23.8. The van der Waals surface area contributed by atoms with Gasteiger partial charge in [-0.1, -0.05) is 26.0 Å². The van der Waals surface area contributed by atoms with E-state index < -0.39 is 29.8 Å². The quantitative estimate of drug-likeness (QED) is 0.352. The molecule has 12 heteroatoms. The molecule has 0 radical (unpaired) electrons. The lowest BCUT2D eigenvalue weighted by molar-refractivity contribution is -0.142. The second kappa shape index (κ2) is 15.5. The zero-order valence-corrected chi connectivity index (χ0v) is 23.8. The smallest absolute Gasteiger partial charge is 0.258 e. The minimum Gasteiger partial charge on any atom is -0.484 e. The van der Waals surface area contributed by atoms with Gasteiger partial charge in [-0.15, -0.1) is 0 Å². The number of fused-ring (bicyclic) bond motifs is 13. The molecular weight excluding hydrogens is 518 g/mol. The lowest BCUT2D eigenvalue weighted by Crippen LogP contribution is -2.57. The molecule has 4 rings (SSSR count). The molecule has 3 aliphatic rings. The fourth-order valence-corrected chi connectivity index (χ4v) is 4.89. The highest BCUT2D eigenvalue weighted by atomic mass is 16.5. The van der Waals surface area contributed by atoms with Gasteiger partial charge in [0.15, 0.2) is 6.61 Å². The maximum absolute atomic E-state index is 13.6. The molecule has 3 heterocycles. The average Bonchev–Trinajstić information content (AvgIpc) is 2.93. The van der Waals surface area contributed by atoms with Crippen molar-refractivity contribution in [3.63, 3.8) is 0 Å². The van der Waals surface area contributed by atoms with Crippen LogP contribution in [0.25, 0.3) is 0 Å². The third-order valence-electron chi connectivity index (χ3n) is 7.02. The number of nitrogens with one attached hydrogen (secondary N) is 2. The molecule has 1 fully saturated rings. The number of piperazine rings is 1. The Balaban J connectivity index is 1.86. The molecular formula is C28H43N5O7. The maximum Gasteiger partial charge on any atom is 0.258 e. The molecule has 0 aliphatic carbocycles. The van der Waals surface area contributed by atoms with Gasteiger partial charge < -0.3 is 35.0 Å². The fraction of sp³-hybridized carbons (Fsp3) is 0.643. The molecule has 0 unspecified atom stereocenters.